The van der Waals surface area contributed by atoms with E-state index in [1.54, 1.807) is 30.3 Å². The molecule has 0 atom stereocenters. The van der Waals surface area contributed by atoms with Gasteiger partial charge in [0.25, 0.3) is 5.91 Å². The van der Waals surface area contributed by atoms with Crippen LogP contribution in [0.2, 0.25) is 10.0 Å². The van der Waals surface area contributed by atoms with Gasteiger partial charge in [-0.1, -0.05) is 68.2 Å². The van der Waals surface area contributed by atoms with Crippen molar-refractivity contribution in [3.05, 3.63) is 69.2 Å². The van der Waals surface area contributed by atoms with Crippen molar-refractivity contribution >= 4 is 35.3 Å². The number of rotatable bonds is 3. The summed E-state index contributed by atoms with van der Waals surface area (Å²) in [4.78, 5) is 12.1. The van der Waals surface area contributed by atoms with Crippen molar-refractivity contribution in [2.45, 2.75) is 26.2 Å². The lowest BCUT2D eigenvalue weighted by atomic mass is 9.87. The van der Waals surface area contributed by atoms with E-state index < -0.39 is 0 Å². The van der Waals surface area contributed by atoms with Crippen LogP contribution in [0.3, 0.4) is 0 Å². The highest BCUT2D eigenvalue weighted by Crippen LogP contribution is 2.24. The van der Waals surface area contributed by atoms with Gasteiger partial charge in [-0.25, -0.2) is 5.43 Å². The summed E-state index contributed by atoms with van der Waals surface area (Å²) in [6.45, 7) is 6.38. The highest BCUT2D eigenvalue weighted by Gasteiger charge is 2.14. The van der Waals surface area contributed by atoms with Gasteiger partial charge >= 0.3 is 0 Å². The number of hydrazone groups is 1. The van der Waals surface area contributed by atoms with E-state index in [-0.39, 0.29) is 11.3 Å². The molecule has 0 aliphatic heterocycles. The maximum atomic E-state index is 12.1. The smallest absolute Gasteiger partial charge is 0.267 e. The fourth-order valence-electron chi connectivity index (χ4n) is 1.97. The topological polar surface area (TPSA) is 41.5 Å². The summed E-state index contributed by atoms with van der Waals surface area (Å²) >= 11 is 12.0. The van der Waals surface area contributed by atoms with Gasteiger partial charge in [0.1, 0.15) is 0 Å². The maximum absolute atomic E-state index is 12.1. The fourth-order valence-corrected chi connectivity index (χ4v) is 2.32. The SMILES string of the molecule is CC(C)(C)c1ccc(C(=O)N/N=C/c2cccc(Cl)c2Cl)cc1. The first-order valence-electron chi connectivity index (χ1n) is 7.17. The molecule has 3 nitrogen and oxygen atoms in total. The standard InChI is InChI=1S/C18H18Cl2N2O/c1-18(2,3)14-9-7-12(8-10-14)17(23)22-21-11-13-5-4-6-15(19)16(13)20/h4-11H,1-3H3,(H,22,23)/b21-11+. The third-order valence-corrected chi connectivity index (χ3v) is 4.20. The first kappa shape index (κ1) is 17.5. The minimum absolute atomic E-state index is 0.0521. The van der Waals surface area contributed by atoms with E-state index in [2.05, 4.69) is 31.3 Å². The molecule has 0 spiro atoms. The van der Waals surface area contributed by atoms with E-state index in [4.69, 9.17) is 23.2 Å². The maximum Gasteiger partial charge on any atom is 0.271 e. The molecule has 2 aromatic rings. The largest absolute Gasteiger partial charge is 0.271 e. The molecule has 0 bridgehead atoms. The molecule has 1 amide bonds. The molecule has 2 rings (SSSR count). The van der Waals surface area contributed by atoms with Crippen molar-refractivity contribution in [3.8, 4) is 0 Å². The van der Waals surface area contributed by atoms with Crippen LogP contribution in [-0.4, -0.2) is 12.1 Å². The van der Waals surface area contributed by atoms with Gasteiger partial charge in [0, 0.05) is 11.1 Å². The molecular formula is C18H18Cl2N2O. The van der Waals surface area contributed by atoms with Crippen LogP contribution in [0, 0.1) is 0 Å². The zero-order valence-corrected chi connectivity index (χ0v) is 14.7. The van der Waals surface area contributed by atoms with Crippen LogP contribution in [-0.2, 0) is 5.41 Å². The molecule has 0 saturated heterocycles. The van der Waals surface area contributed by atoms with Crippen LogP contribution in [0.1, 0.15) is 42.3 Å². The Morgan fingerprint density at radius 1 is 1.09 bits per heavy atom. The highest BCUT2D eigenvalue weighted by molar-refractivity contribution is 6.43. The highest BCUT2D eigenvalue weighted by atomic mass is 35.5. The minimum Gasteiger partial charge on any atom is -0.267 e. The van der Waals surface area contributed by atoms with Gasteiger partial charge < -0.3 is 0 Å². The normalized spacial score (nSPS) is 11.7. The molecule has 0 aliphatic rings. The summed E-state index contributed by atoms with van der Waals surface area (Å²) in [6.07, 6.45) is 1.47. The lowest BCUT2D eigenvalue weighted by Gasteiger charge is -2.18. The average Bonchev–Trinajstić information content (AvgIpc) is 2.50. The number of carbonyl (C=O) groups excluding carboxylic acids is 1. The lowest BCUT2D eigenvalue weighted by Crippen LogP contribution is -2.18. The molecular weight excluding hydrogens is 331 g/mol. The van der Waals surface area contributed by atoms with E-state index >= 15 is 0 Å². The van der Waals surface area contributed by atoms with Gasteiger partial charge in [-0.15, -0.1) is 0 Å². The number of nitrogens with zero attached hydrogens (tertiary/aromatic N) is 1. The van der Waals surface area contributed by atoms with Gasteiger partial charge in [0.05, 0.1) is 16.3 Å². The monoisotopic (exact) mass is 348 g/mol. The average molecular weight is 349 g/mol. The summed E-state index contributed by atoms with van der Waals surface area (Å²) in [5.41, 5.74) is 4.89. The second-order valence-electron chi connectivity index (χ2n) is 6.17. The van der Waals surface area contributed by atoms with Crippen LogP contribution in [0.5, 0.6) is 0 Å². The summed E-state index contributed by atoms with van der Waals surface area (Å²) in [6, 6.07) is 12.7. The summed E-state index contributed by atoms with van der Waals surface area (Å²) < 4.78 is 0. The Bertz CT molecular complexity index is 732. The third-order valence-electron chi connectivity index (χ3n) is 3.36. The zero-order chi connectivity index (χ0) is 17.0. The van der Waals surface area contributed by atoms with Crippen molar-refractivity contribution in [3.63, 3.8) is 0 Å². The quantitative estimate of drug-likeness (QED) is 0.611. The molecule has 0 saturated carbocycles. The van der Waals surface area contributed by atoms with Crippen molar-refractivity contribution in [1.29, 1.82) is 0 Å². The first-order chi connectivity index (χ1) is 10.8. The van der Waals surface area contributed by atoms with E-state index in [0.717, 1.165) is 0 Å². The second-order valence-corrected chi connectivity index (χ2v) is 6.95. The Labute approximate surface area is 146 Å². The molecule has 0 fully saturated rings. The van der Waals surface area contributed by atoms with Crippen LogP contribution in [0.4, 0.5) is 0 Å². The molecule has 2 aromatic carbocycles. The molecule has 1 N–H and O–H groups in total. The van der Waals surface area contributed by atoms with Gasteiger partial charge in [-0.2, -0.15) is 5.10 Å². The molecule has 23 heavy (non-hydrogen) atoms. The number of benzene rings is 2. The fraction of sp³-hybridized carbons (Fsp3) is 0.222. The van der Waals surface area contributed by atoms with Crippen molar-refractivity contribution in [1.82, 2.24) is 5.43 Å². The number of carbonyl (C=O) groups is 1. The Kier molecular flexibility index (Phi) is 5.45. The number of amides is 1. The van der Waals surface area contributed by atoms with Crippen LogP contribution >= 0.6 is 23.2 Å². The summed E-state index contributed by atoms with van der Waals surface area (Å²) in [5.74, 6) is -0.278. The molecule has 0 aromatic heterocycles. The Morgan fingerprint density at radius 2 is 1.74 bits per heavy atom. The van der Waals surface area contributed by atoms with E-state index in [1.807, 2.05) is 12.1 Å². The molecule has 0 aliphatic carbocycles. The van der Waals surface area contributed by atoms with E-state index in [0.29, 0.717) is 21.2 Å². The Morgan fingerprint density at radius 3 is 2.35 bits per heavy atom. The van der Waals surface area contributed by atoms with Crippen molar-refractivity contribution in [2.24, 2.45) is 5.10 Å². The molecule has 120 valence electrons. The molecule has 0 unspecified atom stereocenters. The molecule has 5 heteroatoms. The molecule has 0 radical (unpaired) electrons. The summed E-state index contributed by atoms with van der Waals surface area (Å²) in [5, 5.41) is 4.77. The number of nitrogens with one attached hydrogen (secondary N) is 1. The lowest BCUT2D eigenvalue weighted by molar-refractivity contribution is 0.0955. The van der Waals surface area contributed by atoms with Crippen molar-refractivity contribution < 1.29 is 4.79 Å². The van der Waals surface area contributed by atoms with Crippen molar-refractivity contribution in [2.75, 3.05) is 0 Å². The van der Waals surface area contributed by atoms with Gasteiger partial charge in [-0.05, 0) is 29.2 Å². The molecule has 0 heterocycles. The van der Waals surface area contributed by atoms with Gasteiger partial charge in [0.2, 0.25) is 0 Å². The predicted octanol–water partition coefficient (Wildman–Crippen LogP) is 5.05. The number of halogens is 2. The van der Waals surface area contributed by atoms with Crippen LogP contribution in [0.15, 0.2) is 47.6 Å². The van der Waals surface area contributed by atoms with E-state index in [1.165, 1.54) is 11.8 Å². The second kappa shape index (κ2) is 7.16. The number of hydrogen-bond donors (Lipinski definition) is 1. The number of hydrogen-bond acceptors (Lipinski definition) is 2. The minimum atomic E-state index is -0.278. The summed E-state index contributed by atoms with van der Waals surface area (Å²) in [7, 11) is 0. The Hall–Kier alpha value is -1.84. The van der Waals surface area contributed by atoms with Gasteiger partial charge in [0.15, 0.2) is 0 Å². The zero-order valence-electron chi connectivity index (χ0n) is 13.2. The van der Waals surface area contributed by atoms with Gasteiger partial charge in [-0.3, -0.25) is 4.79 Å². The third kappa shape index (κ3) is 4.57. The van der Waals surface area contributed by atoms with Crippen LogP contribution in [0.25, 0.3) is 0 Å². The Balaban J connectivity index is 2.05. The van der Waals surface area contributed by atoms with E-state index in [9.17, 15) is 4.79 Å². The predicted molar refractivity (Wildman–Crippen MR) is 96.7 cm³/mol. The van der Waals surface area contributed by atoms with Crippen LogP contribution < -0.4 is 5.43 Å². The first-order valence-corrected chi connectivity index (χ1v) is 7.92.